The van der Waals surface area contributed by atoms with Crippen LogP contribution in [-0.2, 0) is 16.1 Å². The van der Waals surface area contributed by atoms with Crippen LogP contribution in [0.2, 0.25) is 0 Å². The third kappa shape index (κ3) is 4.69. The minimum absolute atomic E-state index is 0.166. The third-order valence-electron chi connectivity index (χ3n) is 5.57. The lowest BCUT2D eigenvalue weighted by Crippen LogP contribution is -2.30. The van der Waals surface area contributed by atoms with E-state index in [-0.39, 0.29) is 18.0 Å². The lowest BCUT2D eigenvalue weighted by atomic mass is 10.0. The second kappa shape index (κ2) is 10.0. The Morgan fingerprint density at radius 1 is 1.21 bits per heavy atom. The number of hydrogen-bond donors (Lipinski definition) is 2. The van der Waals surface area contributed by atoms with Crippen molar-refractivity contribution in [2.24, 2.45) is 0 Å². The number of anilines is 2. The van der Waals surface area contributed by atoms with Crippen LogP contribution in [0.25, 0.3) is 0 Å². The monoisotopic (exact) mass is 465 g/mol. The molecule has 1 aromatic carbocycles. The molecule has 1 amide bonds. The predicted molar refractivity (Wildman–Crippen MR) is 132 cm³/mol. The van der Waals surface area contributed by atoms with Gasteiger partial charge in [-0.05, 0) is 54.7 Å². The van der Waals surface area contributed by atoms with Crippen LogP contribution in [0.5, 0.6) is 5.75 Å². The highest BCUT2D eigenvalue weighted by Crippen LogP contribution is 2.43. The number of methoxy groups -OCH3 is 2. The van der Waals surface area contributed by atoms with Gasteiger partial charge in [-0.15, -0.1) is 0 Å². The maximum atomic E-state index is 11.8. The Morgan fingerprint density at radius 3 is 2.76 bits per heavy atom. The molecule has 1 aliphatic heterocycles. The van der Waals surface area contributed by atoms with Crippen LogP contribution in [0.1, 0.15) is 30.4 Å². The number of hydrogen-bond acceptors (Lipinski definition) is 5. The van der Waals surface area contributed by atoms with E-state index in [2.05, 4.69) is 31.2 Å². The number of aromatic nitrogens is 2. The zero-order valence-corrected chi connectivity index (χ0v) is 19.6. The van der Waals surface area contributed by atoms with Gasteiger partial charge in [-0.2, -0.15) is 0 Å². The summed E-state index contributed by atoms with van der Waals surface area (Å²) in [5.74, 6) is 0.400. The first kappa shape index (κ1) is 22.8. The third-order valence-corrected chi connectivity index (χ3v) is 5.89. The fourth-order valence-electron chi connectivity index (χ4n) is 4.16. The molecule has 0 unspecified atom stereocenters. The summed E-state index contributed by atoms with van der Waals surface area (Å²) in [5.41, 5.74) is 3.38. The van der Waals surface area contributed by atoms with Crippen molar-refractivity contribution in [2.45, 2.75) is 25.6 Å². The van der Waals surface area contributed by atoms with Gasteiger partial charge in [0.25, 0.3) is 0 Å². The molecular formula is C24H27N5O3S. The van der Waals surface area contributed by atoms with E-state index in [4.69, 9.17) is 21.7 Å². The van der Waals surface area contributed by atoms with Crippen molar-refractivity contribution in [3.8, 4) is 5.75 Å². The lowest BCUT2D eigenvalue weighted by molar-refractivity contribution is -0.114. The average Bonchev–Trinajstić information content (AvgIpc) is 3.41. The Hall–Kier alpha value is -3.43. The molecule has 4 rings (SSSR count). The van der Waals surface area contributed by atoms with Crippen molar-refractivity contribution >= 4 is 34.6 Å². The number of amides is 1. The van der Waals surface area contributed by atoms with Crippen LogP contribution >= 0.6 is 12.2 Å². The Morgan fingerprint density at radius 2 is 2.06 bits per heavy atom. The molecule has 2 N–H and O–H groups in total. The van der Waals surface area contributed by atoms with Crippen molar-refractivity contribution < 1.29 is 14.3 Å². The standard InChI is InChI=1S/C24H27N5O3S/c1-16(30)26-19-15-17(9-10-21(19)32-3)29-23(20-8-6-12-28(20)13-14-31-2)22(27-24(29)33)18-7-4-5-11-25-18/h4-12,15,22-23H,13-14H2,1-3H3,(H,26,30)(H,27,33)/t22-,23+/m0/s1. The van der Waals surface area contributed by atoms with Gasteiger partial charge in [0, 0.05) is 44.4 Å². The summed E-state index contributed by atoms with van der Waals surface area (Å²) in [5, 5.41) is 6.89. The molecule has 1 aliphatic rings. The first-order valence-corrected chi connectivity index (χ1v) is 11.0. The van der Waals surface area contributed by atoms with Gasteiger partial charge >= 0.3 is 0 Å². The quantitative estimate of drug-likeness (QED) is 0.491. The summed E-state index contributed by atoms with van der Waals surface area (Å²) < 4.78 is 12.9. The smallest absolute Gasteiger partial charge is 0.221 e. The van der Waals surface area contributed by atoms with Gasteiger partial charge in [0.05, 0.1) is 31.1 Å². The van der Waals surface area contributed by atoms with Gasteiger partial charge in [-0.3, -0.25) is 9.78 Å². The fraction of sp³-hybridized carbons (Fsp3) is 0.292. The highest BCUT2D eigenvalue weighted by Gasteiger charge is 2.42. The average molecular weight is 466 g/mol. The number of pyridine rings is 1. The molecule has 2 aromatic heterocycles. The van der Waals surface area contributed by atoms with Crippen LogP contribution < -0.4 is 20.3 Å². The van der Waals surface area contributed by atoms with Gasteiger partial charge in [-0.25, -0.2) is 0 Å². The first-order valence-electron chi connectivity index (χ1n) is 10.6. The summed E-state index contributed by atoms with van der Waals surface area (Å²) in [4.78, 5) is 18.4. The minimum Gasteiger partial charge on any atom is -0.495 e. The van der Waals surface area contributed by atoms with Crippen LogP contribution in [0.4, 0.5) is 11.4 Å². The van der Waals surface area contributed by atoms with E-state index >= 15 is 0 Å². The van der Waals surface area contributed by atoms with E-state index in [9.17, 15) is 4.79 Å². The highest BCUT2D eigenvalue weighted by molar-refractivity contribution is 7.80. The van der Waals surface area contributed by atoms with E-state index < -0.39 is 0 Å². The van der Waals surface area contributed by atoms with Gasteiger partial charge in [-0.1, -0.05) is 6.07 Å². The normalized spacial score (nSPS) is 17.7. The summed E-state index contributed by atoms with van der Waals surface area (Å²) >= 11 is 5.81. The molecule has 0 saturated carbocycles. The molecule has 0 aliphatic carbocycles. The Labute approximate surface area is 198 Å². The number of rotatable bonds is 8. The van der Waals surface area contributed by atoms with Gasteiger partial charge in [0.15, 0.2) is 5.11 Å². The van der Waals surface area contributed by atoms with Crippen LogP contribution in [0.15, 0.2) is 60.9 Å². The van der Waals surface area contributed by atoms with Gasteiger partial charge in [0.1, 0.15) is 11.8 Å². The van der Waals surface area contributed by atoms with E-state index in [1.54, 1.807) is 20.4 Å². The molecule has 0 spiro atoms. The summed E-state index contributed by atoms with van der Waals surface area (Å²) in [6.07, 6.45) is 3.83. The molecule has 0 bridgehead atoms. The number of nitrogens with one attached hydrogen (secondary N) is 2. The molecule has 1 fully saturated rings. The van der Waals surface area contributed by atoms with Crippen molar-refractivity contribution in [1.82, 2.24) is 14.9 Å². The maximum absolute atomic E-state index is 11.8. The molecule has 1 saturated heterocycles. The van der Waals surface area contributed by atoms with E-state index in [1.807, 2.05) is 48.7 Å². The van der Waals surface area contributed by atoms with E-state index in [1.165, 1.54) is 6.92 Å². The van der Waals surface area contributed by atoms with Gasteiger partial charge < -0.3 is 29.6 Å². The highest BCUT2D eigenvalue weighted by atomic mass is 32.1. The number of carbonyl (C=O) groups excluding carboxylic acids is 1. The lowest BCUT2D eigenvalue weighted by Gasteiger charge is -2.29. The molecule has 0 radical (unpaired) electrons. The van der Waals surface area contributed by atoms with Crippen molar-refractivity contribution in [2.75, 3.05) is 31.0 Å². The van der Waals surface area contributed by atoms with Crippen LogP contribution in [0, 0.1) is 0 Å². The Balaban J connectivity index is 1.82. The number of carbonyl (C=O) groups is 1. The van der Waals surface area contributed by atoms with Crippen LogP contribution in [0.3, 0.4) is 0 Å². The van der Waals surface area contributed by atoms with Crippen molar-refractivity contribution in [1.29, 1.82) is 0 Å². The number of thiocarbonyl (C=S) groups is 1. The first-order chi connectivity index (χ1) is 16.0. The Kier molecular flexibility index (Phi) is 6.90. The number of ether oxygens (including phenoxy) is 2. The van der Waals surface area contributed by atoms with Gasteiger partial charge in [0.2, 0.25) is 5.91 Å². The van der Waals surface area contributed by atoms with E-state index in [0.29, 0.717) is 29.7 Å². The second-order valence-corrected chi connectivity index (χ2v) is 8.07. The summed E-state index contributed by atoms with van der Waals surface area (Å²) in [7, 11) is 3.27. The molecule has 172 valence electrons. The molecule has 9 heteroatoms. The summed E-state index contributed by atoms with van der Waals surface area (Å²) in [6, 6.07) is 15.3. The van der Waals surface area contributed by atoms with E-state index in [0.717, 1.165) is 17.1 Å². The van der Waals surface area contributed by atoms with Crippen LogP contribution in [-0.4, -0.2) is 41.4 Å². The maximum Gasteiger partial charge on any atom is 0.221 e. The van der Waals surface area contributed by atoms with Crippen molar-refractivity contribution in [3.05, 3.63) is 72.3 Å². The number of benzene rings is 1. The molecule has 33 heavy (non-hydrogen) atoms. The Bertz CT molecular complexity index is 1130. The number of nitrogens with zero attached hydrogens (tertiary/aromatic N) is 3. The molecule has 3 heterocycles. The zero-order valence-electron chi connectivity index (χ0n) is 18.8. The second-order valence-electron chi connectivity index (χ2n) is 7.68. The topological polar surface area (TPSA) is 80.7 Å². The summed E-state index contributed by atoms with van der Waals surface area (Å²) in [6.45, 7) is 2.77. The molecule has 2 atom stereocenters. The van der Waals surface area contributed by atoms with Crippen molar-refractivity contribution in [3.63, 3.8) is 0 Å². The fourth-order valence-corrected chi connectivity index (χ4v) is 4.50. The molecule has 8 nitrogen and oxygen atoms in total. The zero-order chi connectivity index (χ0) is 23.4. The predicted octanol–water partition coefficient (Wildman–Crippen LogP) is 3.67. The minimum atomic E-state index is -0.177. The largest absolute Gasteiger partial charge is 0.495 e. The molecule has 3 aromatic rings. The molecular weight excluding hydrogens is 438 g/mol. The SMILES string of the molecule is COCCn1cccc1[C@@H]1[C@H](c2ccccn2)NC(=S)N1c1ccc(OC)c(NC(C)=O)c1.